The van der Waals surface area contributed by atoms with Crippen LogP contribution in [0.5, 0.6) is 0 Å². The predicted molar refractivity (Wildman–Crippen MR) is 85.5 cm³/mol. The van der Waals surface area contributed by atoms with Gasteiger partial charge in [-0.1, -0.05) is 19.8 Å². The minimum absolute atomic E-state index is 0.0688. The van der Waals surface area contributed by atoms with Crippen LogP contribution in [0.1, 0.15) is 44.2 Å². The molecule has 1 aliphatic heterocycles. The van der Waals surface area contributed by atoms with E-state index in [0.717, 1.165) is 12.8 Å². The third kappa shape index (κ3) is 2.95. The Balaban J connectivity index is 1.80. The molecule has 8 heteroatoms. The number of imidazole rings is 1. The molecule has 1 aromatic rings. The van der Waals surface area contributed by atoms with Crippen LogP contribution >= 0.6 is 0 Å². The van der Waals surface area contributed by atoms with Crippen molar-refractivity contribution >= 4 is 12.0 Å². The zero-order valence-electron chi connectivity index (χ0n) is 13.6. The van der Waals surface area contributed by atoms with E-state index in [2.05, 4.69) is 26.7 Å². The Morgan fingerprint density at radius 3 is 2.83 bits per heavy atom. The zero-order valence-corrected chi connectivity index (χ0v) is 13.6. The minimum Gasteiger partial charge on any atom is -0.464 e. The number of rotatable bonds is 5. The molecule has 4 N–H and O–H groups in total. The number of hydrazine groups is 1. The van der Waals surface area contributed by atoms with Gasteiger partial charge in [-0.15, -0.1) is 6.42 Å². The molecule has 0 spiro atoms. The quantitative estimate of drug-likeness (QED) is 0.472. The Bertz CT molecular complexity index is 692. The van der Waals surface area contributed by atoms with Crippen molar-refractivity contribution in [3.05, 3.63) is 17.7 Å². The Labute approximate surface area is 140 Å². The SMILES string of the molecule is C#Cc1cnc([C@@H]2C[C@H]3C[C@H]3N2C(=O)[C@@H](NNC(=O)O)C(C)C)[nH]1. The summed E-state index contributed by atoms with van der Waals surface area (Å²) in [6, 6.07) is -0.573. The van der Waals surface area contributed by atoms with Crippen molar-refractivity contribution < 1.29 is 14.7 Å². The molecule has 2 heterocycles. The summed E-state index contributed by atoms with van der Waals surface area (Å²) in [5.74, 6) is 3.49. The van der Waals surface area contributed by atoms with E-state index in [0.29, 0.717) is 17.4 Å². The number of carbonyl (C=O) groups excluding carboxylic acids is 1. The minimum atomic E-state index is -1.22. The third-order valence-electron chi connectivity index (χ3n) is 4.69. The van der Waals surface area contributed by atoms with Gasteiger partial charge in [0.1, 0.15) is 17.6 Å². The molecule has 4 atom stereocenters. The topological polar surface area (TPSA) is 110 Å². The van der Waals surface area contributed by atoms with E-state index in [9.17, 15) is 9.59 Å². The van der Waals surface area contributed by atoms with Crippen molar-refractivity contribution in [1.29, 1.82) is 0 Å². The maximum absolute atomic E-state index is 13.0. The molecule has 0 aromatic carbocycles. The molecular formula is C16H21N5O3. The first kappa shape index (κ1) is 16.3. The van der Waals surface area contributed by atoms with Gasteiger partial charge in [-0.2, -0.15) is 0 Å². The maximum atomic E-state index is 13.0. The molecule has 3 rings (SSSR count). The Hall–Kier alpha value is -2.53. The van der Waals surface area contributed by atoms with Crippen molar-refractivity contribution in [3.8, 4) is 12.3 Å². The normalized spacial score (nSPS) is 25.9. The molecule has 1 saturated heterocycles. The number of hydrogen-bond acceptors (Lipinski definition) is 4. The molecule has 8 nitrogen and oxygen atoms in total. The smallest absolute Gasteiger partial charge is 0.419 e. The van der Waals surface area contributed by atoms with Crippen LogP contribution in [-0.4, -0.2) is 44.1 Å². The highest BCUT2D eigenvalue weighted by atomic mass is 16.4. The highest BCUT2D eigenvalue weighted by molar-refractivity contribution is 5.84. The van der Waals surface area contributed by atoms with Crippen LogP contribution in [0.4, 0.5) is 4.79 Å². The number of likely N-dealkylation sites (tertiary alicyclic amines) is 1. The van der Waals surface area contributed by atoms with Crippen LogP contribution in [0.3, 0.4) is 0 Å². The summed E-state index contributed by atoms with van der Waals surface area (Å²) >= 11 is 0. The number of fused-ring (bicyclic) bond motifs is 1. The summed E-state index contributed by atoms with van der Waals surface area (Å²) in [5.41, 5.74) is 5.30. The highest BCUT2D eigenvalue weighted by Gasteiger charge is 2.56. The Morgan fingerprint density at radius 2 is 2.25 bits per heavy atom. The van der Waals surface area contributed by atoms with E-state index in [4.69, 9.17) is 11.5 Å². The van der Waals surface area contributed by atoms with Crippen molar-refractivity contribution in [2.75, 3.05) is 0 Å². The van der Waals surface area contributed by atoms with Crippen molar-refractivity contribution in [3.63, 3.8) is 0 Å². The van der Waals surface area contributed by atoms with Crippen LogP contribution < -0.4 is 10.9 Å². The summed E-state index contributed by atoms with van der Waals surface area (Å²) in [5, 5.41) is 8.78. The number of piperidine rings is 1. The lowest BCUT2D eigenvalue weighted by atomic mass is 10.0. The predicted octanol–water partition coefficient (Wildman–Crippen LogP) is 0.850. The number of aromatic amines is 1. The van der Waals surface area contributed by atoms with E-state index in [-0.39, 0.29) is 23.9 Å². The molecular weight excluding hydrogens is 310 g/mol. The molecule has 24 heavy (non-hydrogen) atoms. The Morgan fingerprint density at radius 1 is 1.50 bits per heavy atom. The first-order valence-electron chi connectivity index (χ1n) is 8.00. The number of terminal acetylenes is 1. The zero-order chi connectivity index (χ0) is 17.4. The largest absolute Gasteiger partial charge is 0.464 e. The number of amides is 2. The molecule has 1 aliphatic carbocycles. The van der Waals surface area contributed by atoms with Crippen molar-refractivity contribution in [2.45, 2.75) is 44.8 Å². The molecule has 0 bridgehead atoms. The summed E-state index contributed by atoms with van der Waals surface area (Å²) in [6.07, 6.45) is 7.58. The van der Waals surface area contributed by atoms with Crippen molar-refractivity contribution in [2.24, 2.45) is 11.8 Å². The molecule has 2 fully saturated rings. The van der Waals surface area contributed by atoms with Crippen molar-refractivity contribution in [1.82, 2.24) is 25.7 Å². The molecule has 1 saturated carbocycles. The van der Waals surface area contributed by atoms with Crippen LogP contribution in [0, 0.1) is 24.2 Å². The van der Waals surface area contributed by atoms with E-state index in [1.54, 1.807) is 6.20 Å². The fraction of sp³-hybridized carbons (Fsp3) is 0.562. The van der Waals surface area contributed by atoms with E-state index >= 15 is 0 Å². The number of carboxylic acid groups (broad SMARTS) is 1. The van der Waals surface area contributed by atoms with Gasteiger partial charge >= 0.3 is 6.09 Å². The van der Waals surface area contributed by atoms with Gasteiger partial charge in [-0.05, 0) is 24.7 Å². The van der Waals surface area contributed by atoms with E-state index in [1.165, 1.54) is 0 Å². The third-order valence-corrected chi connectivity index (χ3v) is 4.69. The first-order valence-corrected chi connectivity index (χ1v) is 8.00. The second-order valence-electron chi connectivity index (χ2n) is 6.68. The van der Waals surface area contributed by atoms with Crippen LogP contribution in [0.15, 0.2) is 6.20 Å². The average Bonchev–Trinajstić information content (AvgIpc) is 2.98. The van der Waals surface area contributed by atoms with Gasteiger partial charge in [0.2, 0.25) is 5.91 Å². The monoisotopic (exact) mass is 331 g/mol. The van der Waals surface area contributed by atoms with Gasteiger partial charge in [0, 0.05) is 6.04 Å². The lowest BCUT2D eigenvalue weighted by Gasteiger charge is -2.32. The average molecular weight is 331 g/mol. The number of nitrogens with zero attached hydrogens (tertiary/aromatic N) is 2. The van der Waals surface area contributed by atoms with Gasteiger partial charge in [-0.25, -0.2) is 15.2 Å². The van der Waals surface area contributed by atoms with Crippen LogP contribution in [-0.2, 0) is 4.79 Å². The molecule has 0 unspecified atom stereocenters. The van der Waals surface area contributed by atoms with Crippen LogP contribution in [0.2, 0.25) is 0 Å². The van der Waals surface area contributed by atoms with E-state index in [1.807, 2.05) is 18.7 Å². The summed E-state index contributed by atoms with van der Waals surface area (Å²) in [6.45, 7) is 3.75. The van der Waals surface area contributed by atoms with Gasteiger partial charge in [0.05, 0.1) is 12.2 Å². The first-order chi connectivity index (χ1) is 11.4. The standard InChI is InChI=1S/C16H21N5O3/c1-4-10-7-17-14(18-10)12-6-9-5-11(9)21(12)15(22)13(8(2)3)19-20-16(23)24/h1,7-9,11-13,19-20H,5-6H2,2-3H3,(H,17,18)(H,23,24)/t9-,11-,12+,13+/m1/s1. The maximum Gasteiger partial charge on any atom is 0.419 e. The summed E-state index contributed by atoms with van der Waals surface area (Å²) in [4.78, 5) is 33.0. The van der Waals surface area contributed by atoms with Crippen LogP contribution in [0.25, 0.3) is 0 Å². The van der Waals surface area contributed by atoms with Gasteiger partial charge in [-0.3, -0.25) is 10.2 Å². The number of hydrogen-bond donors (Lipinski definition) is 4. The molecule has 0 radical (unpaired) electrons. The number of carbonyl (C=O) groups is 2. The molecule has 1 aromatic heterocycles. The highest BCUT2D eigenvalue weighted by Crippen LogP contribution is 2.53. The Kier molecular flexibility index (Phi) is 4.20. The molecule has 2 amide bonds. The van der Waals surface area contributed by atoms with Gasteiger partial charge in [0.15, 0.2) is 0 Å². The molecule has 128 valence electrons. The number of aromatic nitrogens is 2. The fourth-order valence-electron chi connectivity index (χ4n) is 3.41. The molecule has 2 aliphatic rings. The second kappa shape index (κ2) is 6.17. The number of nitrogens with one attached hydrogen (secondary N) is 3. The van der Waals surface area contributed by atoms with Gasteiger partial charge < -0.3 is 15.0 Å². The lowest BCUT2D eigenvalue weighted by molar-refractivity contribution is -0.137. The lowest BCUT2D eigenvalue weighted by Crippen LogP contribution is -2.55. The second-order valence-corrected chi connectivity index (χ2v) is 6.68. The van der Waals surface area contributed by atoms with Gasteiger partial charge in [0.25, 0.3) is 0 Å². The van der Waals surface area contributed by atoms with E-state index < -0.39 is 12.1 Å². The summed E-state index contributed by atoms with van der Waals surface area (Å²) < 4.78 is 0. The summed E-state index contributed by atoms with van der Waals surface area (Å²) in [7, 11) is 0. The number of H-pyrrole nitrogens is 1. The fourth-order valence-corrected chi connectivity index (χ4v) is 3.41.